The van der Waals surface area contributed by atoms with Gasteiger partial charge in [0.1, 0.15) is 5.92 Å². The molecule has 1 aliphatic rings. The summed E-state index contributed by atoms with van der Waals surface area (Å²) in [7, 11) is 0. The van der Waals surface area contributed by atoms with Gasteiger partial charge in [-0.1, -0.05) is 20.8 Å². The van der Waals surface area contributed by atoms with Crippen LogP contribution in [0.25, 0.3) is 0 Å². The van der Waals surface area contributed by atoms with Crippen molar-refractivity contribution >= 4 is 11.9 Å². The first kappa shape index (κ1) is 17.0. The summed E-state index contributed by atoms with van der Waals surface area (Å²) >= 11 is 0. The van der Waals surface area contributed by atoms with Gasteiger partial charge in [-0.05, 0) is 26.2 Å². The maximum atomic E-state index is 12.5. The highest BCUT2D eigenvalue weighted by atomic mass is 16.4. The highest BCUT2D eigenvalue weighted by Crippen LogP contribution is 2.28. The van der Waals surface area contributed by atoms with Gasteiger partial charge in [-0.3, -0.25) is 14.5 Å². The standard InChI is InChI=1S/C15H28N2O3/c1-14(2,3)11(13(19)20)12(18)16-7-9-17(10-8-16)15(4,5)6/h11H,7-10H2,1-6H3,(H,19,20). The number of amides is 1. The lowest BCUT2D eigenvalue weighted by Crippen LogP contribution is -2.57. The van der Waals surface area contributed by atoms with E-state index >= 15 is 0 Å². The molecule has 116 valence electrons. The zero-order valence-electron chi connectivity index (χ0n) is 13.6. The molecule has 0 saturated carbocycles. The van der Waals surface area contributed by atoms with E-state index in [2.05, 4.69) is 25.7 Å². The van der Waals surface area contributed by atoms with Gasteiger partial charge in [0.05, 0.1) is 0 Å². The van der Waals surface area contributed by atoms with Crippen molar-refractivity contribution < 1.29 is 14.7 Å². The van der Waals surface area contributed by atoms with Crippen LogP contribution in [0.3, 0.4) is 0 Å². The summed E-state index contributed by atoms with van der Waals surface area (Å²) in [6.07, 6.45) is 0. The molecule has 1 unspecified atom stereocenters. The summed E-state index contributed by atoms with van der Waals surface area (Å²) in [6.45, 7) is 14.7. The molecule has 1 fully saturated rings. The molecule has 0 aromatic rings. The molecule has 1 heterocycles. The number of hydrogen-bond acceptors (Lipinski definition) is 3. The number of hydrogen-bond donors (Lipinski definition) is 1. The third kappa shape index (κ3) is 3.95. The predicted octanol–water partition coefficient (Wildman–Crippen LogP) is 1.68. The second-order valence-electron chi connectivity index (χ2n) is 7.62. The number of carbonyl (C=O) groups excluding carboxylic acids is 1. The average molecular weight is 284 g/mol. The summed E-state index contributed by atoms with van der Waals surface area (Å²) in [5.41, 5.74) is -0.477. The highest BCUT2D eigenvalue weighted by molar-refractivity contribution is 5.97. The molecule has 1 aliphatic heterocycles. The van der Waals surface area contributed by atoms with E-state index in [-0.39, 0.29) is 11.4 Å². The number of piperazine rings is 1. The molecule has 0 aromatic heterocycles. The summed E-state index contributed by atoms with van der Waals surface area (Å²) in [4.78, 5) is 27.9. The molecule has 1 rings (SSSR count). The van der Waals surface area contributed by atoms with Crippen LogP contribution in [0, 0.1) is 11.3 Å². The smallest absolute Gasteiger partial charge is 0.316 e. The first-order chi connectivity index (χ1) is 8.94. The van der Waals surface area contributed by atoms with E-state index in [1.807, 2.05) is 0 Å². The predicted molar refractivity (Wildman–Crippen MR) is 78.5 cm³/mol. The van der Waals surface area contributed by atoms with Gasteiger partial charge in [-0.25, -0.2) is 0 Å². The van der Waals surface area contributed by atoms with Crippen molar-refractivity contribution in [1.29, 1.82) is 0 Å². The van der Waals surface area contributed by atoms with Gasteiger partial charge in [-0.15, -0.1) is 0 Å². The van der Waals surface area contributed by atoms with Crippen LogP contribution in [0.15, 0.2) is 0 Å². The van der Waals surface area contributed by atoms with Gasteiger partial charge < -0.3 is 10.0 Å². The maximum Gasteiger partial charge on any atom is 0.316 e. The highest BCUT2D eigenvalue weighted by Gasteiger charge is 2.41. The molecule has 1 N–H and O–H groups in total. The van der Waals surface area contributed by atoms with Crippen molar-refractivity contribution in [3.05, 3.63) is 0 Å². The molecule has 5 nitrogen and oxygen atoms in total. The van der Waals surface area contributed by atoms with Crippen LogP contribution in [-0.2, 0) is 9.59 Å². The molecule has 0 bridgehead atoms. The van der Waals surface area contributed by atoms with Crippen LogP contribution in [-0.4, -0.2) is 58.5 Å². The van der Waals surface area contributed by atoms with E-state index in [0.717, 1.165) is 13.1 Å². The Morgan fingerprint density at radius 1 is 0.950 bits per heavy atom. The Kier molecular flexibility index (Phi) is 4.85. The largest absolute Gasteiger partial charge is 0.481 e. The number of nitrogens with zero attached hydrogens (tertiary/aromatic N) is 2. The van der Waals surface area contributed by atoms with E-state index in [1.54, 1.807) is 25.7 Å². The van der Waals surface area contributed by atoms with Gasteiger partial charge in [0.2, 0.25) is 5.91 Å². The molecule has 0 spiro atoms. The minimum Gasteiger partial charge on any atom is -0.481 e. The van der Waals surface area contributed by atoms with Crippen molar-refractivity contribution in [2.45, 2.75) is 47.1 Å². The van der Waals surface area contributed by atoms with E-state index in [1.165, 1.54) is 0 Å². The first-order valence-electron chi connectivity index (χ1n) is 7.21. The van der Waals surface area contributed by atoms with Gasteiger partial charge >= 0.3 is 5.97 Å². The Balaban J connectivity index is 2.73. The average Bonchev–Trinajstić information content (AvgIpc) is 2.25. The fraction of sp³-hybridized carbons (Fsp3) is 0.867. The first-order valence-corrected chi connectivity index (χ1v) is 7.21. The third-order valence-corrected chi connectivity index (χ3v) is 3.90. The van der Waals surface area contributed by atoms with Crippen LogP contribution >= 0.6 is 0 Å². The number of carboxylic acids is 1. The van der Waals surface area contributed by atoms with Gasteiger partial charge in [0.25, 0.3) is 0 Å². The van der Waals surface area contributed by atoms with Crippen molar-refractivity contribution in [3.8, 4) is 0 Å². The van der Waals surface area contributed by atoms with Gasteiger partial charge in [-0.2, -0.15) is 0 Å². The normalized spacial score (nSPS) is 19.8. The Hall–Kier alpha value is -1.10. The lowest BCUT2D eigenvalue weighted by molar-refractivity contribution is -0.157. The second kappa shape index (κ2) is 5.72. The Bertz CT molecular complexity index is 372. The molecule has 0 radical (unpaired) electrons. The number of carboxylic acid groups (broad SMARTS) is 1. The minimum absolute atomic E-state index is 0.0887. The monoisotopic (exact) mass is 284 g/mol. The molecule has 20 heavy (non-hydrogen) atoms. The molecule has 1 amide bonds. The third-order valence-electron chi connectivity index (χ3n) is 3.90. The lowest BCUT2D eigenvalue weighted by Gasteiger charge is -2.43. The Labute approximate surface area is 121 Å². The van der Waals surface area contributed by atoms with Gasteiger partial charge in [0, 0.05) is 31.7 Å². The molecular weight excluding hydrogens is 256 g/mol. The minimum atomic E-state index is -1.03. The fourth-order valence-electron chi connectivity index (χ4n) is 2.63. The summed E-state index contributed by atoms with van der Waals surface area (Å²) in [5.74, 6) is -2.25. The molecule has 5 heteroatoms. The SMILES string of the molecule is CC(C)(C)C(C(=O)O)C(=O)N1CCN(C(C)(C)C)CC1. The van der Waals surface area contributed by atoms with Gasteiger partial charge in [0.15, 0.2) is 0 Å². The molecule has 0 aliphatic carbocycles. The van der Waals surface area contributed by atoms with Crippen LogP contribution in [0.4, 0.5) is 0 Å². The van der Waals surface area contributed by atoms with Crippen molar-refractivity contribution in [2.75, 3.05) is 26.2 Å². The van der Waals surface area contributed by atoms with Crippen LogP contribution in [0.5, 0.6) is 0 Å². The molecular formula is C15H28N2O3. The quantitative estimate of drug-likeness (QED) is 0.784. The van der Waals surface area contributed by atoms with Crippen LogP contribution < -0.4 is 0 Å². The van der Waals surface area contributed by atoms with E-state index in [0.29, 0.717) is 13.1 Å². The zero-order valence-corrected chi connectivity index (χ0v) is 13.6. The molecule has 0 aromatic carbocycles. The van der Waals surface area contributed by atoms with Crippen molar-refractivity contribution in [1.82, 2.24) is 9.80 Å². The number of carbonyl (C=O) groups is 2. The fourth-order valence-corrected chi connectivity index (χ4v) is 2.63. The van der Waals surface area contributed by atoms with E-state index in [4.69, 9.17) is 0 Å². The van der Waals surface area contributed by atoms with Crippen LogP contribution in [0.1, 0.15) is 41.5 Å². The lowest BCUT2D eigenvalue weighted by atomic mass is 9.79. The Morgan fingerprint density at radius 2 is 1.40 bits per heavy atom. The summed E-state index contributed by atoms with van der Waals surface area (Å²) in [6, 6.07) is 0. The molecule has 1 saturated heterocycles. The van der Waals surface area contributed by atoms with E-state index in [9.17, 15) is 14.7 Å². The summed E-state index contributed by atoms with van der Waals surface area (Å²) in [5, 5.41) is 9.33. The summed E-state index contributed by atoms with van der Waals surface area (Å²) < 4.78 is 0. The second-order valence-corrected chi connectivity index (χ2v) is 7.62. The molecule has 1 atom stereocenters. The zero-order chi connectivity index (χ0) is 15.7. The Morgan fingerprint density at radius 3 is 1.70 bits per heavy atom. The van der Waals surface area contributed by atoms with Crippen molar-refractivity contribution in [3.63, 3.8) is 0 Å². The van der Waals surface area contributed by atoms with Crippen LogP contribution in [0.2, 0.25) is 0 Å². The van der Waals surface area contributed by atoms with Crippen molar-refractivity contribution in [2.24, 2.45) is 11.3 Å². The number of rotatable bonds is 2. The van der Waals surface area contributed by atoms with E-state index < -0.39 is 17.3 Å². The topological polar surface area (TPSA) is 60.9 Å². The number of aliphatic carboxylic acids is 1. The maximum absolute atomic E-state index is 12.5.